The second-order valence-electron chi connectivity index (χ2n) is 7.32. The number of ketones is 1. The number of hydrogen-bond donors (Lipinski definition) is 5. The Morgan fingerprint density at radius 2 is 1.78 bits per heavy atom. The van der Waals surface area contributed by atoms with Crippen LogP contribution in [-0.4, -0.2) is 62.3 Å². The highest BCUT2D eigenvalue weighted by molar-refractivity contribution is 5.81. The van der Waals surface area contributed by atoms with Gasteiger partial charge in [0.1, 0.15) is 30.2 Å². The van der Waals surface area contributed by atoms with Crippen LogP contribution in [0.2, 0.25) is 0 Å². The molecule has 0 aromatic heterocycles. The van der Waals surface area contributed by atoms with E-state index in [0.29, 0.717) is 0 Å². The number of ether oxygens (including phenoxy) is 1. The van der Waals surface area contributed by atoms with Gasteiger partial charge in [0.15, 0.2) is 0 Å². The Bertz CT molecular complexity index is 667. The third-order valence-electron chi connectivity index (χ3n) is 4.97. The summed E-state index contributed by atoms with van der Waals surface area (Å²) < 4.78 is 5.29. The third-order valence-corrected chi connectivity index (χ3v) is 4.97. The van der Waals surface area contributed by atoms with Crippen molar-refractivity contribution in [3.8, 4) is 0 Å². The van der Waals surface area contributed by atoms with Gasteiger partial charge >= 0.3 is 0 Å². The van der Waals surface area contributed by atoms with Crippen molar-refractivity contribution in [3.63, 3.8) is 0 Å². The second kappa shape index (κ2) is 8.60. The fraction of sp³-hybridized carbons (Fsp3) is 0.550. The molecule has 1 aromatic carbocycles. The van der Waals surface area contributed by atoms with Crippen molar-refractivity contribution in [1.82, 2.24) is 0 Å². The van der Waals surface area contributed by atoms with E-state index >= 15 is 0 Å². The highest BCUT2D eigenvalue weighted by atomic mass is 16.7. The quantitative estimate of drug-likeness (QED) is 0.476. The van der Waals surface area contributed by atoms with Gasteiger partial charge in [-0.2, -0.15) is 0 Å². The lowest BCUT2D eigenvalue weighted by Gasteiger charge is -2.45. The molecule has 1 fully saturated rings. The normalized spacial score (nSPS) is 32.8. The van der Waals surface area contributed by atoms with Gasteiger partial charge in [0.25, 0.3) is 0 Å². The molecule has 2 rings (SSSR count). The number of Topliss-reactive ketones (excluding diaryl/α,β-unsaturated/α-hetero) is 1. The Balaban J connectivity index is 2.24. The number of carbonyl (C=O) groups excluding carboxylic acids is 1. The molecule has 1 aromatic rings. The average molecular weight is 380 g/mol. The van der Waals surface area contributed by atoms with Crippen LogP contribution in [0.1, 0.15) is 31.9 Å². The number of rotatable bonds is 6. The number of allylic oxidation sites excluding steroid dienone is 1. The molecule has 1 unspecified atom stereocenters. The lowest BCUT2D eigenvalue weighted by Crippen LogP contribution is -2.63. The maximum absolute atomic E-state index is 11.7. The van der Waals surface area contributed by atoms with Crippen molar-refractivity contribution < 1.29 is 35.1 Å². The van der Waals surface area contributed by atoms with Crippen LogP contribution < -0.4 is 0 Å². The molecule has 0 radical (unpaired) electrons. The van der Waals surface area contributed by atoms with Gasteiger partial charge in [0.2, 0.25) is 5.79 Å². The van der Waals surface area contributed by atoms with Gasteiger partial charge in [0.05, 0.1) is 6.61 Å². The molecule has 7 heteroatoms. The molecule has 0 amide bonds. The minimum absolute atomic E-state index is 0.0773. The minimum atomic E-state index is -2.27. The molecule has 0 aliphatic carbocycles. The van der Waals surface area contributed by atoms with E-state index in [0.717, 1.165) is 5.56 Å². The number of benzene rings is 1. The molecule has 1 aliphatic heterocycles. The molecule has 7 nitrogen and oxygen atoms in total. The van der Waals surface area contributed by atoms with Gasteiger partial charge in [0, 0.05) is 11.5 Å². The number of aliphatic hydroxyl groups excluding tert-OH is 4. The van der Waals surface area contributed by atoms with Crippen LogP contribution in [-0.2, 0) is 15.3 Å². The molecule has 27 heavy (non-hydrogen) atoms. The Morgan fingerprint density at radius 1 is 1.19 bits per heavy atom. The molecule has 1 heterocycles. The maximum Gasteiger partial charge on any atom is 0.222 e. The van der Waals surface area contributed by atoms with Crippen LogP contribution in [0.5, 0.6) is 0 Å². The van der Waals surface area contributed by atoms with Gasteiger partial charge < -0.3 is 30.3 Å². The van der Waals surface area contributed by atoms with Gasteiger partial charge in [-0.1, -0.05) is 50.3 Å². The van der Waals surface area contributed by atoms with Crippen LogP contribution in [0.25, 0.3) is 6.08 Å². The van der Waals surface area contributed by atoms with Crippen LogP contribution >= 0.6 is 0 Å². The van der Waals surface area contributed by atoms with Gasteiger partial charge in [-0.05, 0) is 18.4 Å². The number of hydrogen-bond acceptors (Lipinski definition) is 7. The zero-order chi connectivity index (χ0) is 20.4. The van der Waals surface area contributed by atoms with Crippen LogP contribution in [0.4, 0.5) is 0 Å². The van der Waals surface area contributed by atoms with E-state index in [1.54, 1.807) is 25.1 Å². The molecule has 5 N–H and O–H groups in total. The second-order valence-corrected chi connectivity index (χ2v) is 7.32. The summed E-state index contributed by atoms with van der Waals surface area (Å²) in [6.07, 6.45) is -2.61. The largest absolute Gasteiger partial charge is 0.394 e. The molecule has 0 bridgehead atoms. The summed E-state index contributed by atoms with van der Waals surface area (Å²) in [5, 5.41) is 50.0. The van der Waals surface area contributed by atoms with E-state index in [2.05, 4.69) is 0 Å². The fourth-order valence-corrected chi connectivity index (χ4v) is 3.27. The molecule has 6 atom stereocenters. The van der Waals surface area contributed by atoms with E-state index in [1.807, 2.05) is 19.9 Å². The smallest absolute Gasteiger partial charge is 0.222 e. The SMILES string of the molecule is CC(=O)C(/C=C\c1ccc([C@@]2(O)O[C@H](CO)[C@@H](O)[C@@H](O)[C@H]2O)cc1)C(C)C. The predicted octanol–water partition coefficient (Wildman–Crippen LogP) is 0.180. The van der Waals surface area contributed by atoms with Crippen LogP contribution in [0, 0.1) is 11.8 Å². The van der Waals surface area contributed by atoms with Crippen LogP contribution in [0.3, 0.4) is 0 Å². The highest BCUT2D eigenvalue weighted by Gasteiger charge is 2.53. The van der Waals surface area contributed by atoms with Gasteiger partial charge in [-0.3, -0.25) is 4.79 Å². The zero-order valence-electron chi connectivity index (χ0n) is 15.7. The number of carbonyl (C=O) groups is 1. The topological polar surface area (TPSA) is 127 Å². The maximum atomic E-state index is 11.7. The number of aliphatic hydroxyl groups is 5. The monoisotopic (exact) mass is 380 g/mol. The standard InChI is InChI=1S/C20H28O7/c1-11(2)15(12(3)22)9-6-13-4-7-14(8-5-13)20(26)19(25)18(24)17(23)16(10-21)27-20/h4-9,11,15-19,21,23-26H,10H2,1-3H3/b9-6-/t15?,16-,17-,18-,19-,20-/m1/s1. The van der Waals surface area contributed by atoms with Crippen molar-refractivity contribution in [2.45, 2.75) is 51.0 Å². The summed E-state index contributed by atoms with van der Waals surface area (Å²) in [5.41, 5.74) is 0.947. The molecule has 1 saturated heterocycles. The minimum Gasteiger partial charge on any atom is -0.394 e. The van der Waals surface area contributed by atoms with Gasteiger partial charge in [-0.15, -0.1) is 0 Å². The van der Waals surface area contributed by atoms with E-state index in [-0.39, 0.29) is 23.2 Å². The summed E-state index contributed by atoms with van der Waals surface area (Å²) >= 11 is 0. The Hall–Kier alpha value is -1.61. The lowest BCUT2D eigenvalue weighted by molar-refractivity contribution is -0.357. The first-order valence-corrected chi connectivity index (χ1v) is 8.96. The Morgan fingerprint density at radius 3 is 2.26 bits per heavy atom. The first kappa shape index (κ1) is 21.7. The van der Waals surface area contributed by atoms with E-state index in [4.69, 9.17) is 4.74 Å². The Labute approximate surface area is 158 Å². The summed E-state index contributed by atoms with van der Waals surface area (Å²) in [6, 6.07) is 6.37. The summed E-state index contributed by atoms with van der Waals surface area (Å²) in [5.74, 6) is -2.21. The summed E-state index contributed by atoms with van der Waals surface area (Å²) in [4.78, 5) is 11.7. The van der Waals surface area contributed by atoms with Crippen molar-refractivity contribution in [2.75, 3.05) is 6.61 Å². The van der Waals surface area contributed by atoms with Crippen molar-refractivity contribution >= 4 is 11.9 Å². The third kappa shape index (κ3) is 4.45. The van der Waals surface area contributed by atoms with E-state index in [9.17, 15) is 30.3 Å². The molecule has 150 valence electrons. The average Bonchev–Trinajstić information content (AvgIpc) is 2.63. The molecular formula is C20H28O7. The lowest BCUT2D eigenvalue weighted by atomic mass is 9.87. The zero-order valence-corrected chi connectivity index (χ0v) is 15.7. The molecule has 0 spiro atoms. The van der Waals surface area contributed by atoms with E-state index in [1.165, 1.54) is 12.1 Å². The molecule has 0 saturated carbocycles. The first-order chi connectivity index (χ1) is 12.6. The van der Waals surface area contributed by atoms with Crippen molar-refractivity contribution in [3.05, 3.63) is 41.5 Å². The first-order valence-electron chi connectivity index (χ1n) is 8.96. The predicted molar refractivity (Wildman–Crippen MR) is 98.4 cm³/mol. The molecule has 1 aliphatic rings. The Kier molecular flexibility index (Phi) is 6.91. The fourth-order valence-electron chi connectivity index (χ4n) is 3.27. The molecular weight excluding hydrogens is 352 g/mol. The summed E-state index contributed by atoms with van der Waals surface area (Å²) in [6.45, 7) is 4.85. The van der Waals surface area contributed by atoms with E-state index < -0.39 is 36.8 Å². The highest BCUT2D eigenvalue weighted by Crippen LogP contribution is 2.36. The van der Waals surface area contributed by atoms with Gasteiger partial charge in [-0.25, -0.2) is 0 Å². The van der Waals surface area contributed by atoms with Crippen molar-refractivity contribution in [1.29, 1.82) is 0 Å². The van der Waals surface area contributed by atoms with Crippen molar-refractivity contribution in [2.24, 2.45) is 11.8 Å². The summed E-state index contributed by atoms with van der Waals surface area (Å²) in [7, 11) is 0. The van der Waals surface area contributed by atoms with Crippen LogP contribution in [0.15, 0.2) is 30.3 Å².